The first-order chi connectivity index (χ1) is 55.1. The highest BCUT2D eigenvalue weighted by Gasteiger charge is 2.41. The fourth-order valence-electron chi connectivity index (χ4n) is 12.9. The van der Waals surface area contributed by atoms with Crippen molar-refractivity contribution in [3.63, 3.8) is 0 Å². The van der Waals surface area contributed by atoms with Crippen LogP contribution in [0.2, 0.25) is 0 Å². The molecule has 5 atom stereocenters. The van der Waals surface area contributed by atoms with E-state index in [1.54, 1.807) is 73.2 Å². The van der Waals surface area contributed by atoms with Gasteiger partial charge in [-0.2, -0.15) is 0 Å². The number of likely N-dealkylation sites (tertiary alicyclic amines) is 1. The van der Waals surface area contributed by atoms with Gasteiger partial charge >= 0.3 is 0 Å². The number of benzene rings is 3. The zero-order chi connectivity index (χ0) is 79.7. The number of carbonyl (C=O) groups is 8. The zero-order valence-corrected chi connectivity index (χ0v) is 65.0. The van der Waals surface area contributed by atoms with Crippen LogP contribution in [0.15, 0.2) is 149 Å². The minimum absolute atomic E-state index is 0.000685. The van der Waals surface area contributed by atoms with Crippen LogP contribution in [0.25, 0.3) is 5.57 Å². The number of aliphatic imine (C=N–C) groups is 2. The van der Waals surface area contributed by atoms with Crippen LogP contribution >= 0.6 is 0 Å². The van der Waals surface area contributed by atoms with E-state index in [1.165, 1.54) is 37.5 Å². The van der Waals surface area contributed by atoms with E-state index in [4.69, 9.17) is 66.8 Å². The second-order valence-electron chi connectivity index (χ2n) is 27.8. The molecule has 2 fully saturated rings. The van der Waals surface area contributed by atoms with Gasteiger partial charge in [-0.1, -0.05) is 92.8 Å². The number of methoxy groups -OCH3 is 2. The molecule has 2 aliphatic carbocycles. The third-order valence-corrected chi connectivity index (χ3v) is 19.2. The molecule has 5 heterocycles. The van der Waals surface area contributed by atoms with Gasteiger partial charge in [0.25, 0.3) is 11.8 Å². The Morgan fingerprint density at radius 3 is 1.56 bits per heavy atom. The third-order valence-electron chi connectivity index (χ3n) is 19.2. The van der Waals surface area contributed by atoms with Crippen molar-refractivity contribution in [2.75, 3.05) is 152 Å². The SMILES string of the molecule is COc1cc2c(cc1OCCCOc1cc3c(cc1OC)C(=O)N1C=C(C4CC4)C[C@H]1C=N3)N=C[C@@H]1CC(c3ccc(NC(=O)[C@H](C)NC(=O)C(NC(=O)CCOCCOCCOCCOCCOCCOCCOCCOCCNC(=O)CCN4C(=O)CC(C5=C/C=C\C=C/C=C\C=C/C=C\5)C4=O)C(C)C)cc3)=CN1C2=O. The van der Waals surface area contributed by atoms with Gasteiger partial charge in [0, 0.05) is 87.8 Å². The molecule has 7 aliphatic rings. The minimum atomic E-state index is -0.942. The number of imide groups is 1. The van der Waals surface area contributed by atoms with E-state index < -0.39 is 29.8 Å². The van der Waals surface area contributed by atoms with Crippen molar-refractivity contribution in [1.29, 1.82) is 0 Å². The lowest BCUT2D eigenvalue weighted by molar-refractivity contribution is -0.139. The highest BCUT2D eigenvalue weighted by atomic mass is 16.6. The molecular weight excluding hydrogens is 1450 g/mol. The molecule has 0 bridgehead atoms. The summed E-state index contributed by atoms with van der Waals surface area (Å²) in [6.45, 7) is 11.5. The normalized spacial score (nSPS) is 20.0. The van der Waals surface area contributed by atoms with Crippen molar-refractivity contribution in [3.8, 4) is 23.0 Å². The van der Waals surface area contributed by atoms with E-state index in [0.29, 0.717) is 156 Å². The van der Waals surface area contributed by atoms with Gasteiger partial charge < -0.3 is 87.9 Å². The number of allylic oxidation sites excluding steroid dienone is 11. The number of ether oxygens (including phenoxy) is 12. The van der Waals surface area contributed by atoms with Crippen LogP contribution in [0.3, 0.4) is 0 Å². The molecule has 10 rings (SSSR count). The van der Waals surface area contributed by atoms with Crippen molar-refractivity contribution >= 4 is 82.3 Å². The molecule has 5 aliphatic heterocycles. The average Bonchev–Trinajstić information content (AvgIpc) is 1.59. The number of amides is 8. The minimum Gasteiger partial charge on any atom is -0.493 e. The second-order valence-corrected chi connectivity index (χ2v) is 27.8. The fraction of sp³-hybridized carbons (Fsp3) is 0.476. The summed E-state index contributed by atoms with van der Waals surface area (Å²) in [6, 6.07) is 11.7. The van der Waals surface area contributed by atoms with Gasteiger partial charge in [0.15, 0.2) is 23.0 Å². The smallest absolute Gasteiger partial charge is 0.260 e. The molecule has 0 radical (unpaired) electrons. The Balaban J connectivity index is 0.502. The maximum absolute atomic E-state index is 14.2. The summed E-state index contributed by atoms with van der Waals surface area (Å²) in [5.41, 5.74) is 6.05. The summed E-state index contributed by atoms with van der Waals surface area (Å²) in [4.78, 5) is 120. The number of hydrogen-bond acceptors (Lipinski definition) is 22. The van der Waals surface area contributed by atoms with E-state index in [0.717, 1.165) is 23.1 Å². The molecule has 1 saturated carbocycles. The maximum Gasteiger partial charge on any atom is 0.260 e. The first-order valence-corrected chi connectivity index (χ1v) is 38.7. The van der Waals surface area contributed by atoms with Gasteiger partial charge in [-0.25, -0.2) is 0 Å². The number of hydrogen-bond donors (Lipinski definition) is 4. The van der Waals surface area contributed by atoms with E-state index in [2.05, 4.69) is 21.3 Å². The van der Waals surface area contributed by atoms with Crippen molar-refractivity contribution in [3.05, 3.63) is 156 Å². The standard InChI is InChI=1S/C84H105N9O20/c1-57(2)79(90-77(95)25-30-104-32-34-106-36-38-108-40-42-110-44-45-111-43-41-109-39-37-107-35-33-105-31-26-85-76(94)24-27-91-78(96)50-67(82(91)99)61-16-13-11-9-7-6-8-10-12-14-17-61)81(98)88-58(3)80(97)89-64-22-20-60(21-23-64)63-47-66-54-87-71-52-75(73(103-5)49-69(71)84(101)93(66)56-63)113-29-15-28-112-74-51-70-68(48-72(74)102-4)83(100)92-55-62(59-18-19-59)46-65(92)53-86-70/h6-14,16-17,20-23,48-49,51-59,65-67,79H,15,18-19,24-47,50H2,1-5H3,(H,85,94)(H,88,98)(H,89,97)(H,90,95)/b7-6-,8-6?,9-7?,10-8-,11-9-,12-10?,13-11?,14-12-,16-13-,17-14?,61-16?,61-17+/t58-,65-,66-,67?,79?/m0/s1. The number of anilines is 1. The monoisotopic (exact) mass is 1560 g/mol. The molecule has 113 heavy (non-hydrogen) atoms. The van der Waals surface area contributed by atoms with Gasteiger partial charge in [0.05, 0.1) is 174 Å². The van der Waals surface area contributed by atoms with E-state index in [-0.39, 0.29) is 119 Å². The zero-order valence-electron chi connectivity index (χ0n) is 65.0. The summed E-state index contributed by atoms with van der Waals surface area (Å²) in [5.74, 6) is -1.21. The number of fused-ring (bicyclic) bond motifs is 4. The highest BCUT2D eigenvalue weighted by Crippen LogP contribution is 2.45. The summed E-state index contributed by atoms with van der Waals surface area (Å²) >= 11 is 0. The molecule has 0 spiro atoms. The average molecular weight is 1560 g/mol. The van der Waals surface area contributed by atoms with Crippen molar-refractivity contribution < 1.29 is 95.2 Å². The molecule has 1 saturated heterocycles. The second kappa shape index (κ2) is 44.9. The Morgan fingerprint density at radius 2 is 1.03 bits per heavy atom. The lowest BCUT2D eigenvalue weighted by Gasteiger charge is -2.24. The molecule has 4 N–H and O–H groups in total. The maximum atomic E-state index is 14.2. The molecule has 8 amide bonds. The first-order valence-electron chi connectivity index (χ1n) is 38.7. The third kappa shape index (κ3) is 25.9. The van der Waals surface area contributed by atoms with Crippen LogP contribution in [-0.2, 0) is 66.7 Å². The van der Waals surface area contributed by atoms with Crippen LogP contribution in [-0.4, -0.2) is 245 Å². The Bertz CT molecular complexity index is 4100. The van der Waals surface area contributed by atoms with E-state index >= 15 is 0 Å². The van der Waals surface area contributed by atoms with Gasteiger partial charge in [-0.05, 0) is 84.6 Å². The predicted molar refractivity (Wildman–Crippen MR) is 423 cm³/mol. The topological polar surface area (TPSA) is 330 Å². The molecule has 606 valence electrons. The Hall–Kier alpha value is -10.2. The Labute approximate surface area is 659 Å². The van der Waals surface area contributed by atoms with Gasteiger partial charge in [0.2, 0.25) is 35.4 Å². The summed E-state index contributed by atoms with van der Waals surface area (Å²) in [7, 11) is 3.05. The first kappa shape index (κ1) is 85.2. The highest BCUT2D eigenvalue weighted by molar-refractivity contribution is 6.07. The van der Waals surface area contributed by atoms with E-state index in [9.17, 15) is 38.4 Å². The lowest BCUT2D eigenvalue weighted by atomic mass is 9.96. The van der Waals surface area contributed by atoms with Crippen LogP contribution in [0.5, 0.6) is 23.0 Å². The summed E-state index contributed by atoms with van der Waals surface area (Å²) in [6.07, 6.45) is 32.1. The molecule has 2 unspecified atom stereocenters. The Morgan fingerprint density at radius 1 is 0.522 bits per heavy atom. The summed E-state index contributed by atoms with van der Waals surface area (Å²) < 4.78 is 68.1. The van der Waals surface area contributed by atoms with E-state index in [1.807, 2.05) is 97.6 Å². The van der Waals surface area contributed by atoms with Crippen LogP contribution in [0.4, 0.5) is 17.1 Å². The molecule has 3 aromatic rings. The van der Waals surface area contributed by atoms with Crippen molar-refractivity contribution in [2.45, 2.75) is 96.3 Å². The fourth-order valence-corrected chi connectivity index (χ4v) is 12.9. The van der Waals surface area contributed by atoms with Crippen molar-refractivity contribution in [2.24, 2.45) is 27.7 Å². The Kier molecular flexibility index (Phi) is 33.8. The van der Waals surface area contributed by atoms with Gasteiger partial charge in [-0.3, -0.25) is 53.2 Å². The predicted octanol–water partition coefficient (Wildman–Crippen LogP) is 8.46. The molecule has 3 aromatic carbocycles. The van der Waals surface area contributed by atoms with Crippen LogP contribution < -0.4 is 40.2 Å². The quantitative estimate of drug-likeness (QED) is 0.0304. The van der Waals surface area contributed by atoms with Gasteiger partial charge in [-0.15, -0.1) is 0 Å². The molecule has 29 nitrogen and oxygen atoms in total. The number of carbonyl (C=O) groups excluding carboxylic acids is 8. The number of nitrogens with one attached hydrogen (secondary N) is 4. The van der Waals surface area contributed by atoms with Gasteiger partial charge in [0.1, 0.15) is 12.1 Å². The van der Waals surface area contributed by atoms with Crippen LogP contribution in [0.1, 0.15) is 98.4 Å². The summed E-state index contributed by atoms with van der Waals surface area (Å²) in [5, 5.41) is 11.1. The molecular formula is C84H105N9O20. The van der Waals surface area contributed by atoms with Crippen LogP contribution in [0, 0.1) is 17.8 Å². The largest absolute Gasteiger partial charge is 0.493 e. The number of nitrogens with zero attached hydrogens (tertiary/aromatic N) is 5. The molecule has 29 heteroatoms. The molecule has 0 aromatic heterocycles. The lowest BCUT2D eigenvalue weighted by Crippen LogP contribution is -2.53. The van der Waals surface area contributed by atoms with Crippen molar-refractivity contribution in [1.82, 2.24) is 30.7 Å². The number of rotatable bonds is 47.